The van der Waals surface area contributed by atoms with Crippen LogP contribution in [0.5, 0.6) is 0 Å². The van der Waals surface area contributed by atoms with E-state index in [2.05, 4.69) is 10.3 Å². The highest BCUT2D eigenvalue weighted by Gasteiger charge is 2.46. The maximum Gasteiger partial charge on any atom is 0.257 e. The molecule has 2 aliphatic heterocycles. The quantitative estimate of drug-likeness (QED) is 0.749. The Labute approximate surface area is 177 Å². The molecular weight excluding hydrogens is 382 g/mol. The SMILES string of the molecule is Cc1nn(C)cc1C(=O)N1CCCC(CC2CC2)(c2noc(C3CCOCC3)n2)C1. The molecule has 5 rings (SSSR count). The molecule has 8 nitrogen and oxygen atoms in total. The van der Waals surface area contributed by atoms with Gasteiger partial charge < -0.3 is 14.2 Å². The summed E-state index contributed by atoms with van der Waals surface area (Å²) >= 11 is 0. The minimum absolute atomic E-state index is 0.0635. The minimum Gasteiger partial charge on any atom is -0.381 e. The number of likely N-dealkylation sites (tertiary alicyclic amines) is 1. The van der Waals surface area contributed by atoms with E-state index in [1.165, 1.54) is 12.8 Å². The van der Waals surface area contributed by atoms with Crippen molar-refractivity contribution in [3.8, 4) is 0 Å². The van der Waals surface area contributed by atoms with Crippen molar-refractivity contribution < 1.29 is 14.1 Å². The molecule has 0 N–H and O–H groups in total. The number of nitrogens with zero attached hydrogens (tertiary/aromatic N) is 5. The Morgan fingerprint density at radius 3 is 2.77 bits per heavy atom. The molecule has 1 saturated carbocycles. The van der Waals surface area contributed by atoms with Crippen molar-refractivity contribution in [2.75, 3.05) is 26.3 Å². The fraction of sp³-hybridized carbons (Fsp3) is 0.727. The van der Waals surface area contributed by atoms with Gasteiger partial charge in [-0.1, -0.05) is 18.0 Å². The largest absolute Gasteiger partial charge is 0.381 e. The predicted molar refractivity (Wildman–Crippen MR) is 109 cm³/mol. The van der Waals surface area contributed by atoms with Crippen LogP contribution >= 0.6 is 0 Å². The molecule has 0 radical (unpaired) electrons. The highest BCUT2D eigenvalue weighted by Crippen LogP contribution is 2.46. The topological polar surface area (TPSA) is 86.3 Å². The lowest BCUT2D eigenvalue weighted by atomic mass is 9.74. The standard InChI is InChI=1S/C22H31N5O3/c1-15-18(13-26(2)24-15)20(28)27-9-3-8-22(14-27,12-16-4-5-16)21-23-19(30-25-21)17-6-10-29-11-7-17/h13,16-17H,3-12,14H2,1-2H3. The first-order valence-electron chi connectivity index (χ1n) is 11.3. The number of hydrogen-bond donors (Lipinski definition) is 0. The van der Waals surface area contributed by atoms with Crippen molar-refractivity contribution in [1.82, 2.24) is 24.8 Å². The molecule has 3 aliphatic rings. The third-order valence-corrected chi connectivity index (χ3v) is 6.97. The molecule has 8 heteroatoms. The zero-order valence-corrected chi connectivity index (χ0v) is 18.0. The summed E-state index contributed by atoms with van der Waals surface area (Å²) in [6, 6.07) is 0. The van der Waals surface area contributed by atoms with Crippen LogP contribution in [0.4, 0.5) is 0 Å². The van der Waals surface area contributed by atoms with Gasteiger partial charge in [0.2, 0.25) is 5.89 Å². The summed E-state index contributed by atoms with van der Waals surface area (Å²) in [6.45, 7) is 4.83. The molecule has 162 valence electrons. The van der Waals surface area contributed by atoms with Gasteiger partial charge in [0.05, 0.1) is 16.7 Å². The van der Waals surface area contributed by atoms with Crippen LogP contribution in [0.1, 0.15) is 78.6 Å². The summed E-state index contributed by atoms with van der Waals surface area (Å²) in [5.41, 5.74) is 1.26. The Hall–Kier alpha value is -2.22. The molecule has 1 atom stereocenters. The van der Waals surface area contributed by atoms with Gasteiger partial charge in [-0.3, -0.25) is 9.48 Å². The number of aromatic nitrogens is 4. The third kappa shape index (κ3) is 3.77. The second-order valence-corrected chi connectivity index (χ2v) is 9.40. The molecule has 2 aromatic rings. The van der Waals surface area contributed by atoms with Crippen LogP contribution in [0.3, 0.4) is 0 Å². The van der Waals surface area contributed by atoms with Crippen LogP contribution < -0.4 is 0 Å². The summed E-state index contributed by atoms with van der Waals surface area (Å²) in [5.74, 6) is 2.61. The fourth-order valence-corrected chi connectivity index (χ4v) is 5.16. The number of ether oxygens (including phenoxy) is 1. The molecule has 0 aromatic carbocycles. The maximum absolute atomic E-state index is 13.3. The first kappa shape index (κ1) is 19.7. The van der Waals surface area contributed by atoms with Gasteiger partial charge in [-0.25, -0.2) is 0 Å². The summed E-state index contributed by atoms with van der Waals surface area (Å²) < 4.78 is 12.9. The molecule has 2 saturated heterocycles. The molecule has 0 bridgehead atoms. The normalized spacial score (nSPS) is 25.6. The van der Waals surface area contributed by atoms with Gasteiger partial charge in [0.1, 0.15) is 0 Å². The predicted octanol–water partition coefficient (Wildman–Crippen LogP) is 2.98. The Morgan fingerprint density at radius 1 is 1.27 bits per heavy atom. The molecular formula is C22H31N5O3. The van der Waals surface area contributed by atoms with Crippen molar-refractivity contribution >= 4 is 5.91 Å². The summed E-state index contributed by atoms with van der Waals surface area (Å²) in [5, 5.41) is 8.83. The van der Waals surface area contributed by atoms with Gasteiger partial charge in [-0.05, 0) is 44.9 Å². The zero-order chi connectivity index (χ0) is 20.7. The number of carbonyl (C=O) groups excluding carboxylic acids is 1. The maximum atomic E-state index is 13.3. The fourth-order valence-electron chi connectivity index (χ4n) is 5.16. The molecule has 0 spiro atoms. The van der Waals surface area contributed by atoms with E-state index in [4.69, 9.17) is 14.2 Å². The summed E-state index contributed by atoms with van der Waals surface area (Å²) in [7, 11) is 1.86. The van der Waals surface area contributed by atoms with Gasteiger partial charge in [0.25, 0.3) is 5.91 Å². The lowest BCUT2D eigenvalue weighted by Crippen LogP contribution is -2.49. The van der Waals surface area contributed by atoms with Gasteiger partial charge in [0.15, 0.2) is 5.82 Å². The Bertz CT molecular complexity index is 912. The Morgan fingerprint density at radius 2 is 2.07 bits per heavy atom. The lowest BCUT2D eigenvalue weighted by molar-refractivity contribution is 0.0606. The van der Waals surface area contributed by atoms with Crippen LogP contribution in [-0.4, -0.2) is 57.0 Å². The average Bonchev–Trinajstić information content (AvgIpc) is 3.29. The van der Waals surface area contributed by atoms with Crippen LogP contribution in [-0.2, 0) is 17.2 Å². The molecule has 1 amide bonds. The number of aryl methyl sites for hydroxylation is 2. The molecule has 2 aromatic heterocycles. The van der Waals surface area contributed by atoms with Gasteiger partial charge in [-0.15, -0.1) is 0 Å². The summed E-state index contributed by atoms with van der Waals surface area (Å²) in [6.07, 6.45) is 9.22. The van der Waals surface area contributed by atoms with E-state index in [0.29, 0.717) is 18.0 Å². The van der Waals surface area contributed by atoms with Crippen molar-refractivity contribution in [1.29, 1.82) is 0 Å². The molecule has 30 heavy (non-hydrogen) atoms. The van der Waals surface area contributed by atoms with E-state index in [0.717, 1.165) is 69.3 Å². The van der Waals surface area contributed by atoms with E-state index in [9.17, 15) is 4.79 Å². The zero-order valence-electron chi connectivity index (χ0n) is 18.0. The van der Waals surface area contributed by atoms with Crippen molar-refractivity contribution in [2.24, 2.45) is 13.0 Å². The molecule has 4 heterocycles. The highest BCUT2D eigenvalue weighted by atomic mass is 16.5. The Kier molecular flexibility index (Phi) is 5.13. The minimum atomic E-state index is -0.210. The van der Waals surface area contributed by atoms with E-state index in [1.54, 1.807) is 4.68 Å². The van der Waals surface area contributed by atoms with E-state index in [1.807, 2.05) is 25.1 Å². The highest BCUT2D eigenvalue weighted by molar-refractivity contribution is 5.95. The van der Waals surface area contributed by atoms with Gasteiger partial charge in [0, 0.05) is 45.5 Å². The number of rotatable bonds is 5. The first-order chi connectivity index (χ1) is 14.5. The van der Waals surface area contributed by atoms with Crippen LogP contribution in [0, 0.1) is 12.8 Å². The second kappa shape index (κ2) is 7.80. The number of carbonyl (C=O) groups is 1. The van der Waals surface area contributed by atoms with Crippen LogP contribution in [0.15, 0.2) is 10.7 Å². The van der Waals surface area contributed by atoms with E-state index >= 15 is 0 Å². The second-order valence-electron chi connectivity index (χ2n) is 9.40. The number of hydrogen-bond acceptors (Lipinski definition) is 6. The van der Waals surface area contributed by atoms with Gasteiger partial charge in [-0.2, -0.15) is 10.1 Å². The van der Waals surface area contributed by atoms with Gasteiger partial charge >= 0.3 is 0 Å². The molecule has 3 fully saturated rings. The molecule has 1 aliphatic carbocycles. The Balaban J connectivity index is 1.41. The first-order valence-corrected chi connectivity index (χ1v) is 11.3. The van der Waals surface area contributed by atoms with Crippen molar-refractivity contribution in [3.63, 3.8) is 0 Å². The molecule has 1 unspecified atom stereocenters. The number of piperidine rings is 1. The van der Waals surface area contributed by atoms with Crippen molar-refractivity contribution in [2.45, 2.75) is 63.2 Å². The average molecular weight is 414 g/mol. The smallest absolute Gasteiger partial charge is 0.257 e. The monoisotopic (exact) mass is 413 g/mol. The van der Waals surface area contributed by atoms with Crippen molar-refractivity contribution in [3.05, 3.63) is 29.2 Å². The number of amides is 1. The third-order valence-electron chi connectivity index (χ3n) is 6.97. The van der Waals surface area contributed by atoms with Crippen LogP contribution in [0.2, 0.25) is 0 Å². The lowest BCUT2D eigenvalue weighted by Gasteiger charge is -2.41. The van der Waals surface area contributed by atoms with E-state index in [-0.39, 0.29) is 17.2 Å². The van der Waals surface area contributed by atoms with Crippen LogP contribution in [0.25, 0.3) is 0 Å². The summed E-state index contributed by atoms with van der Waals surface area (Å²) in [4.78, 5) is 20.2. The van der Waals surface area contributed by atoms with E-state index < -0.39 is 0 Å².